The number of aromatic nitrogens is 1. The molecule has 0 spiro atoms. The summed E-state index contributed by atoms with van der Waals surface area (Å²) >= 11 is 6.04. The fourth-order valence-corrected chi connectivity index (χ4v) is 4.26. The van der Waals surface area contributed by atoms with Gasteiger partial charge in [-0.25, -0.2) is 0 Å². The lowest BCUT2D eigenvalue weighted by molar-refractivity contribution is -0.141. The van der Waals surface area contributed by atoms with Crippen molar-refractivity contribution >= 4 is 29.1 Å². The van der Waals surface area contributed by atoms with Crippen LogP contribution in [-0.4, -0.2) is 32.7 Å². The van der Waals surface area contributed by atoms with Crippen molar-refractivity contribution < 1.29 is 14.7 Å². The third-order valence-corrected chi connectivity index (χ3v) is 5.55. The van der Waals surface area contributed by atoms with Crippen LogP contribution < -0.4 is 0 Å². The van der Waals surface area contributed by atoms with Gasteiger partial charge in [-0.15, -0.1) is 0 Å². The van der Waals surface area contributed by atoms with Gasteiger partial charge >= 0.3 is 0 Å². The molecule has 1 N–H and O–H groups in total. The second-order valence-electron chi connectivity index (χ2n) is 6.94. The smallest absolute Gasteiger partial charge is 0.295 e. The van der Waals surface area contributed by atoms with Crippen molar-refractivity contribution in [2.75, 3.05) is 0 Å². The number of pyridine rings is 1. The van der Waals surface area contributed by atoms with E-state index in [1.807, 2.05) is 0 Å². The molecular formula is C21H19ClN2O3. The number of ketones is 1. The van der Waals surface area contributed by atoms with Gasteiger partial charge in [0, 0.05) is 29.0 Å². The van der Waals surface area contributed by atoms with Crippen molar-refractivity contribution in [3.05, 3.63) is 70.5 Å². The molecule has 1 aromatic carbocycles. The van der Waals surface area contributed by atoms with E-state index in [-0.39, 0.29) is 17.4 Å². The topological polar surface area (TPSA) is 70.5 Å². The molecule has 1 aliphatic carbocycles. The summed E-state index contributed by atoms with van der Waals surface area (Å²) in [6, 6.07) is 9.60. The minimum Gasteiger partial charge on any atom is -0.507 e. The molecule has 0 bridgehead atoms. The summed E-state index contributed by atoms with van der Waals surface area (Å²) in [7, 11) is 0. The van der Waals surface area contributed by atoms with E-state index in [0.29, 0.717) is 10.6 Å². The lowest BCUT2D eigenvalue weighted by Crippen LogP contribution is -2.37. The van der Waals surface area contributed by atoms with E-state index in [9.17, 15) is 14.7 Å². The molecule has 2 aromatic rings. The molecule has 1 aliphatic heterocycles. The highest BCUT2D eigenvalue weighted by Crippen LogP contribution is 2.43. The number of hydrogen-bond donors (Lipinski definition) is 1. The number of aliphatic hydroxyl groups is 1. The van der Waals surface area contributed by atoms with Gasteiger partial charge in [0.2, 0.25) is 0 Å². The highest BCUT2D eigenvalue weighted by molar-refractivity contribution is 6.46. The van der Waals surface area contributed by atoms with E-state index in [1.54, 1.807) is 53.7 Å². The maximum atomic E-state index is 12.9. The second kappa shape index (κ2) is 7.16. The molecule has 1 atom stereocenters. The van der Waals surface area contributed by atoms with Crippen LogP contribution in [0.4, 0.5) is 0 Å². The maximum absolute atomic E-state index is 12.9. The lowest BCUT2D eigenvalue weighted by atomic mass is 9.95. The number of rotatable bonds is 3. The number of hydrogen-bond acceptors (Lipinski definition) is 4. The summed E-state index contributed by atoms with van der Waals surface area (Å²) in [5, 5.41) is 11.4. The number of nitrogens with zero attached hydrogens (tertiary/aromatic N) is 2. The monoisotopic (exact) mass is 382 g/mol. The fourth-order valence-electron chi connectivity index (χ4n) is 4.07. The average molecular weight is 383 g/mol. The largest absolute Gasteiger partial charge is 0.507 e. The summed E-state index contributed by atoms with van der Waals surface area (Å²) in [6.45, 7) is 0. The Morgan fingerprint density at radius 1 is 1.11 bits per heavy atom. The summed E-state index contributed by atoms with van der Waals surface area (Å²) < 4.78 is 0. The highest BCUT2D eigenvalue weighted by atomic mass is 35.5. The van der Waals surface area contributed by atoms with Crippen LogP contribution in [-0.2, 0) is 9.59 Å². The van der Waals surface area contributed by atoms with Crippen LogP contribution in [0.2, 0.25) is 5.02 Å². The van der Waals surface area contributed by atoms with E-state index in [1.165, 1.54) is 0 Å². The molecule has 5 nitrogen and oxygen atoms in total. The summed E-state index contributed by atoms with van der Waals surface area (Å²) in [5.74, 6) is -1.40. The van der Waals surface area contributed by atoms with E-state index in [4.69, 9.17) is 11.6 Å². The summed E-state index contributed by atoms with van der Waals surface area (Å²) in [6.07, 6.45) is 7.06. The maximum Gasteiger partial charge on any atom is 0.295 e. The third-order valence-electron chi connectivity index (χ3n) is 5.32. The summed E-state index contributed by atoms with van der Waals surface area (Å²) in [5.41, 5.74) is 1.30. The zero-order valence-corrected chi connectivity index (χ0v) is 15.4. The predicted octanol–water partition coefficient (Wildman–Crippen LogP) is 4.10. The SMILES string of the molecule is O=C1C(=O)N(C2CCCC2)C(c2ccncc2)/C1=C(/O)c1cccc(Cl)c1. The third kappa shape index (κ3) is 3.12. The normalized spacial score (nSPS) is 22.6. The average Bonchev–Trinajstić information content (AvgIpc) is 3.29. The van der Waals surface area contributed by atoms with Gasteiger partial charge in [-0.05, 0) is 42.7 Å². The van der Waals surface area contributed by atoms with Crippen molar-refractivity contribution in [1.29, 1.82) is 0 Å². The molecule has 1 unspecified atom stereocenters. The zero-order valence-electron chi connectivity index (χ0n) is 14.6. The first-order valence-corrected chi connectivity index (χ1v) is 9.41. The van der Waals surface area contributed by atoms with Crippen LogP contribution in [0.5, 0.6) is 0 Å². The molecule has 2 heterocycles. The van der Waals surface area contributed by atoms with Crippen LogP contribution in [0, 0.1) is 0 Å². The van der Waals surface area contributed by atoms with Gasteiger partial charge in [0.05, 0.1) is 11.6 Å². The molecule has 6 heteroatoms. The van der Waals surface area contributed by atoms with Crippen molar-refractivity contribution in [3.63, 3.8) is 0 Å². The number of amides is 1. The van der Waals surface area contributed by atoms with E-state index in [0.717, 1.165) is 31.2 Å². The number of aliphatic hydroxyl groups excluding tert-OH is 1. The van der Waals surface area contributed by atoms with Gasteiger partial charge in [-0.2, -0.15) is 0 Å². The molecule has 2 aliphatic rings. The van der Waals surface area contributed by atoms with E-state index in [2.05, 4.69) is 4.98 Å². The Labute approximate surface area is 162 Å². The van der Waals surface area contributed by atoms with E-state index >= 15 is 0 Å². The molecule has 1 aromatic heterocycles. The number of Topliss-reactive ketones (excluding diaryl/α,β-unsaturated/α-hetero) is 1. The lowest BCUT2D eigenvalue weighted by Gasteiger charge is -2.30. The standard InChI is InChI=1S/C21H19ClN2O3/c22-15-5-3-4-14(12-15)19(25)17-18(13-8-10-23-11-9-13)24(21(27)20(17)26)16-6-1-2-7-16/h3-5,8-12,16,18,25H,1-2,6-7H2/b19-17-. The number of carbonyl (C=O) groups excluding carboxylic acids is 2. The van der Waals surface area contributed by atoms with Gasteiger partial charge < -0.3 is 10.0 Å². The van der Waals surface area contributed by atoms with Crippen molar-refractivity contribution in [2.24, 2.45) is 0 Å². The van der Waals surface area contributed by atoms with Crippen molar-refractivity contribution in [1.82, 2.24) is 9.88 Å². The van der Waals surface area contributed by atoms with Crippen molar-refractivity contribution in [2.45, 2.75) is 37.8 Å². The Morgan fingerprint density at radius 3 is 2.48 bits per heavy atom. The van der Waals surface area contributed by atoms with Crippen LogP contribution in [0.3, 0.4) is 0 Å². The number of benzene rings is 1. The molecule has 4 rings (SSSR count). The van der Waals surface area contributed by atoms with Crippen LogP contribution in [0.15, 0.2) is 54.4 Å². The highest BCUT2D eigenvalue weighted by Gasteiger charge is 2.49. The van der Waals surface area contributed by atoms with Crippen LogP contribution in [0.1, 0.15) is 42.9 Å². The van der Waals surface area contributed by atoms with Crippen LogP contribution in [0.25, 0.3) is 5.76 Å². The van der Waals surface area contributed by atoms with Crippen LogP contribution >= 0.6 is 11.6 Å². The van der Waals surface area contributed by atoms with Gasteiger partial charge in [-0.3, -0.25) is 14.6 Å². The molecule has 138 valence electrons. The Kier molecular flexibility index (Phi) is 4.70. The molecule has 27 heavy (non-hydrogen) atoms. The number of likely N-dealkylation sites (tertiary alicyclic amines) is 1. The van der Waals surface area contributed by atoms with Gasteiger partial charge in [0.15, 0.2) is 0 Å². The Balaban J connectivity index is 1.89. The first kappa shape index (κ1) is 17.7. The molecule has 1 saturated heterocycles. The molecular weight excluding hydrogens is 364 g/mol. The Bertz CT molecular complexity index is 920. The van der Waals surface area contributed by atoms with Gasteiger partial charge in [-0.1, -0.05) is 36.6 Å². The predicted molar refractivity (Wildman–Crippen MR) is 102 cm³/mol. The Hall–Kier alpha value is -2.66. The summed E-state index contributed by atoms with van der Waals surface area (Å²) in [4.78, 5) is 31.5. The number of carbonyl (C=O) groups is 2. The minimum atomic E-state index is -0.652. The quantitative estimate of drug-likeness (QED) is 0.493. The second-order valence-corrected chi connectivity index (χ2v) is 7.37. The van der Waals surface area contributed by atoms with Gasteiger partial charge in [0.25, 0.3) is 11.7 Å². The van der Waals surface area contributed by atoms with E-state index < -0.39 is 17.7 Å². The molecule has 1 amide bonds. The Morgan fingerprint density at radius 2 is 1.81 bits per heavy atom. The zero-order chi connectivity index (χ0) is 19.0. The van der Waals surface area contributed by atoms with Gasteiger partial charge in [0.1, 0.15) is 5.76 Å². The molecule has 2 fully saturated rings. The first-order chi connectivity index (χ1) is 13.1. The van der Waals surface area contributed by atoms with Crippen molar-refractivity contribution in [3.8, 4) is 0 Å². The first-order valence-electron chi connectivity index (χ1n) is 9.04. The molecule has 1 saturated carbocycles. The number of halogens is 1. The minimum absolute atomic E-state index is 0.00396. The molecule has 0 radical (unpaired) electrons. The fraction of sp³-hybridized carbons (Fsp3) is 0.286.